The minimum absolute atomic E-state index is 0.0179. The fourth-order valence-corrected chi connectivity index (χ4v) is 3.77. The van der Waals surface area contributed by atoms with Crippen molar-refractivity contribution in [3.8, 4) is 5.75 Å². The van der Waals surface area contributed by atoms with Crippen LogP contribution in [-0.4, -0.2) is 39.6 Å². The van der Waals surface area contributed by atoms with E-state index < -0.39 is 0 Å². The summed E-state index contributed by atoms with van der Waals surface area (Å²) in [5.41, 5.74) is 1.54. The summed E-state index contributed by atoms with van der Waals surface area (Å²) in [7, 11) is 1.73. The minimum Gasteiger partial charge on any atom is -0.488 e. The number of amides is 1. The molecule has 0 saturated carbocycles. The van der Waals surface area contributed by atoms with E-state index in [1.807, 2.05) is 26.8 Å². The lowest BCUT2D eigenvalue weighted by atomic mass is 10.3. The van der Waals surface area contributed by atoms with Crippen LogP contribution in [0.4, 0.5) is 0 Å². The largest absolute Gasteiger partial charge is 0.488 e. The molecule has 7 heteroatoms. The summed E-state index contributed by atoms with van der Waals surface area (Å²) in [6.45, 7) is 6.83. The number of rotatable bonds is 3. The van der Waals surface area contributed by atoms with Crippen molar-refractivity contribution >= 4 is 17.2 Å². The predicted molar refractivity (Wildman–Crippen MR) is 92.9 cm³/mol. The first-order valence-corrected chi connectivity index (χ1v) is 8.74. The van der Waals surface area contributed by atoms with Gasteiger partial charge in [0.15, 0.2) is 0 Å². The molecule has 0 aromatic carbocycles. The Morgan fingerprint density at radius 2 is 2.08 bits per heavy atom. The first-order valence-electron chi connectivity index (χ1n) is 7.93. The van der Waals surface area contributed by atoms with Crippen LogP contribution in [0, 0.1) is 20.8 Å². The first kappa shape index (κ1) is 16.7. The summed E-state index contributed by atoms with van der Waals surface area (Å²) in [6.07, 6.45) is 0.673. The smallest absolute Gasteiger partial charge is 0.265 e. The summed E-state index contributed by atoms with van der Waals surface area (Å²) in [5.74, 6) is 0.587. The summed E-state index contributed by atoms with van der Waals surface area (Å²) in [4.78, 5) is 31.3. The zero-order valence-electron chi connectivity index (χ0n) is 14.3. The van der Waals surface area contributed by atoms with E-state index in [1.54, 1.807) is 16.5 Å². The highest BCUT2D eigenvalue weighted by molar-refractivity contribution is 7.13. The molecule has 1 atom stereocenters. The second-order valence-corrected chi connectivity index (χ2v) is 7.36. The second-order valence-electron chi connectivity index (χ2n) is 6.16. The Kier molecular flexibility index (Phi) is 4.45. The molecule has 6 nitrogen and oxygen atoms in total. The zero-order chi connectivity index (χ0) is 17.4. The normalized spacial score (nSPS) is 17.3. The Labute approximate surface area is 144 Å². The van der Waals surface area contributed by atoms with E-state index in [0.29, 0.717) is 23.7 Å². The number of likely N-dealkylation sites (tertiary alicyclic amines) is 1. The Bertz CT molecular complexity index is 840. The van der Waals surface area contributed by atoms with E-state index in [2.05, 4.69) is 4.98 Å². The molecule has 0 radical (unpaired) electrons. The number of aromatic nitrogens is 2. The molecule has 0 spiro atoms. The molecule has 3 heterocycles. The topological polar surface area (TPSA) is 64.4 Å². The molecule has 1 amide bonds. The Morgan fingerprint density at radius 3 is 2.71 bits per heavy atom. The van der Waals surface area contributed by atoms with Crippen molar-refractivity contribution in [2.75, 3.05) is 13.1 Å². The molecule has 24 heavy (non-hydrogen) atoms. The maximum atomic E-state index is 12.6. The van der Waals surface area contributed by atoms with E-state index in [9.17, 15) is 9.59 Å². The molecule has 0 N–H and O–H groups in total. The maximum absolute atomic E-state index is 12.6. The third-order valence-corrected chi connectivity index (χ3v) is 5.37. The van der Waals surface area contributed by atoms with Gasteiger partial charge in [-0.2, -0.15) is 0 Å². The zero-order valence-corrected chi connectivity index (χ0v) is 15.1. The third-order valence-electron chi connectivity index (χ3n) is 4.31. The van der Waals surface area contributed by atoms with E-state index in [-0.39, 0.29) is 17.6 Å². The molecular formula is C17H21N3O3S. The van der Waals surface area contributed by atoms with Crippen molar-refractivity contribution in [2.24, 2.45) is 7.05 Å². The Morgan fingerprint density at radius 1 is 1.33 bits per heavy atom. The molecule has 128 valence electrons. The highest BCUT2D eigenvalue weighted by Crippen LogP contribution is 2.23. The SMILES string of the molecule is Cc1nc(C)c(C(=O)N2CCC(Oc3cc(C)n(C)c(=O)c3)C2)s1. The van der Waals surface area contributed by atoms with Crippen LogP contribution in [0.15, 0.2) is 16.9 Å². The van der Waals surface area contributed by atoms with Crippen molar-refractivity contribution < 1.29 is 9.53 Å². The van der Waals surface area contributed by atoms with E-state index in [0.717, 1.165) is 22.8 Å². The molecule has 2 aromatic heterocycles. The third kappa shape index (κ3) is 3.21. The van der Waals surface area contributed by atoms with Gasteiger partial charge in [-0.05, 0) is 26.8 Å². The summed E-state index contributed by atoms with van der Waals surface area (Å²) >= 11 is 1.43. The van der Waals surface area contributed by atoms with Gasteiger partial charge in [0.25, 0.3) is 11.5 Å². The van der Waals surface area contributed by atoms with Gasteiger partial charge in [0, 0.05) is 31.8 Å². The number of thiazole rings is 1. The van der Waals surface area contributed by atoms with Gasteiger partial charge < -0.3 is 14.2 Å². The molecule has 1 aliphatic heterocycles. The van der Waals surface area contributed by atoms with Gasteiger partial charge in [-0.15, -0.1) is 11.3 Å². The number of aryl methyl sites for hydroxylation is 3. The van der Waals surface area contributed by atoms with Crippen molar-refractivity contribution in [1.82, 2.24) is 14.5 Å². The number of pyridine rings is 1. The molecule has 1 saturated heterocycles. The van der Waals surface area contributed by atoms with Gasteiger partial charge in [0.05, 0.1) is 17.2 Å². The molecule has 0 aliphatic carbocycles. The van der Waals surface area contributed by atoms with Crippen LogP contribution >= 0.6 is 11.3 Å². The highest BCUT2D eigenvalue weighted by Gasteiger charge is 2.30. The van der Waals surface area contributed by atoms with Crippen LogP contribution in [-0.2, 0) is 7.05 Å². The molecule has 0 bridgehead atoms. The Balaban J connectivity index is 1.68. The lowest BCUT2D eigenvalue weighted by Crippen LogP contribution is -2.31. The Hall–Kier alpha value is -2.15. The van der Waals surface area contributed by atoms with Gasteiger partial charge in [-0.3, -0.25) is 9.59 Å². The fourth-order valence-electron chi connectivity index (χ4n) is 2.88. The average molecular weight is 347 g/mol. The van der Waals surface area contributed by atoms with Gasteiger partial charge >= 0.3 is 0 Å². The summed E-state index contributed by atoms with van der Waals surface area (Å²) in [5, 5.41) is 0.901. The number of carbonyl (C=O) groups excluding carboxylic acids is 1. The number of nitrogens with zero attached hydrogens (tertiary/aromatic N) is 3. The van der Waals surface area contributed by atoms with Gasteiger partial charge in [-0.1, -0.05) is 0 Å². The molecule has 2 aromatic rings. The van der Waals surface area contributed by atoms with Crippen LogP contribution < -0.4 is 10.3 Å². The highest BCUT2D eigenvalue weighted by atomic mass is 32.1. The standard InChI is InChI=1S/C17H21N3O3S/c1-10-7-14(8-15(21)19(10)4)23-13-5-6-20(9-13)17(22)16-11(2)18-12(3)24-16/h7-8,13H,5-6,9H2,1-4H3. The molecule has 3 rings (SSSR count). The van der Waals surface area contributed by atoms with Crippen molar-refractivity contribution in [3.63, 3.8) is 0 Å². The quantitative estimate of drug-likeness (QED) is 0.852. The van der Waals surface area contributed by atoms with Crippen LogP contribution in [0.5, 0.6) is 5.75 Å². The lowest BCUT2D eigenvalue weighted by molar-refractivity contribution is 0.0776. The second kappa shape index (κ2) is 6.39. The monoisotopic (exact) mass is 347 g/mol. The minimum atomic E-state index is -0.0910. The number of ether oxygens (including phenoxy) is 1. The van der Waals surface area contributed by atoms with Gasteiger partial charge in [0.1, 0.15) is 16.7 Å². The molecule has 1 aliphatic rings. The molecular weight excluding hydrogens is 326 g/mol. The van der Waals surface area contributed by atoms with Gasteiger partial charge in [0.2, 0.25) is 0 Å². The van der Waals surface area contributed by atoms with Crippen LogP contribution in [0.3, 0.4) is 0 Å². The average Bonchev–Trinajstić information content (AvgIpc) is 3.10. The lowest BCUT2D eigenvalue weighted by Gasteiger charge is -2.17. The first-order chi connectivity index (χ1) is 11.3. The van der Waals surface area contributed by atoms with E-state index >= 15 is 0 Å². The predicted octanol–water partition coefficient (Wildman–Crippen LogP) is 2.06. The maximum Gasteiger partial charge on any atom is 0.265 e. The number of hydrogen-bond donors (Lipinski definition) is 0. The van der Waals surface area contributed by atoms with E-state index in [4.69, 9.17) is 4.74 Å². The van der Waals surface area contributed by atoms with Crippen molar-refractivity contribution in [1.29, 1.82) is 0 Å². The van der Waals surface area contributed by atoms with Crippen LogP contribution in [0.2, 0.25) is 0 Å². The van der Waals surface area contributed by atoms with Crippen LogP contribution in [0.1, 0.15) is 32.5 Å². The summed E-state index contributed by atoms with van der Waals surface area (Å²) < 4.78 is 7.50. The number of hydrogen-bond acceptors (Lipinski definition) is 5. The fraction of sp³-hybridized carbons (Fsp3) is 0.471. The molecule has 1 fully saturated rings. The van der Waals surface area contributed by atoms with Gasteiger partial charge in [-0.25, -0.2) is 4.98 Å². The van der Waals surface area contributed by atoms with E-state index in [1.165, 1.54) is 17.4 Å². The van der Waals surface area contributed by atoms with Crippen LogP contribution in [0.25, 0.3) is 0 Å². The van der Waals surface area contributed by atoms with Crippen molar-refractivity contribution in [3.05, 3.63) is 43.8 Å². The van der Waals surface area contributed by atoms with Crippen molar-refractivity contribution in [2.45, 2.75) is 33.3 Å². The molecule has 1 unspecified atom stereocenters. The number of carbonyl (C=O) groups is 1. The summed E-state index contributed by atoms with van der Waals surface area (Å²) in [6, 6.07) is 3.34.